The molecule has 2 aromatic heterocycles. The third-order valence-corrected chi connectivity index (χ3v) is 4.14. The maximum Gasteiger partial charge on any atom is 0.315 e. The zero-order valence-corrected chi connectivity index (χ0v) is 13.4. The fraction of sp³-hybridized carbons (Fsp3) is 0.200. The van der Waals surface area contributed by atoms with E-state index in [0.717, 1.165) is 16.0 Å². The van der Waals surface area contributed by atoms with Gasteiger partial charge in [-0.15, -0.1) is 11.8 Å². The fourth-order valence-electron chi connectivity index (χ4n) is 2.05. The molecule has 118 valence electrons. The molecule has 7 nitrogen and oxygen atoms in total. The molecule has 0 spiro atoms. The molecule has 0 saturated carbocycles. The van der Waals surface area contributed by atoms with E-state index in [4.69, 9.17) is 4.74 Å². The number of nitrogens with one attached hydrogen (secondary N) is 1. The van der Waals surface area contributed by atoms with Crippen molar-refractivity contribution >= 4 is 28.9 Å². The number of methoxy groups -OCH3 is 2. The van der Waals surface area contributed by atoms with Gasteiger partial charge in [-0.25, -0.2) is 15.0 Å². The van der Waals surface area contributed by atoms with Crippen molar-refractivity contribution in [2.24, 2.45) is 0 Å². The number of fused-ring (bicyclic) bond motifs is 1. The zero-order chi connectivity index (χ0) is 16.2. The van der Waals surface area contributed by atoms with Crippen molar-refractivity contribution in [1.82, 2.24) is 19.9 Å². The second-order valence-corrected chi connectivity index (χ2v) is 5.62. The maximum absolute atomic E-state index is 11.2. The lowest BCUT2D eigenvalue weighted by atomic mass is 10.2. The van der Waals surface area contributed by atoms with Gasteiger partial charge in [0.15, 0.2) is 5.65 Å². The molecule has 0 atom stereocenters. The molecule has 0 fully saturated rings. The topological polar surface area (TPSA) is 90.0 Å². The minimum absolute atomic E-state index is 0.249. The van der Waals surface area contributed by atoms with Crippen LogP contribution >= 0.6 is 11.8 Å². The van der Waals surface area contributed by atoms with Crippen LogP contribution in [0.2, 0.25) is 0 Å². The average Bonchev–Trinajstić information content (AvgIpc) is 3.03. The summed E-state index contributed by atoms with van der Waals surface area (Å²) in [4.78, 5) is 27.8. The summed E-state index contributed by atoms with van der Waals surface area (Å²) in [5.74, 6) is 1.29. The standard InChI is InChI=1S/C15H14N4O3S/c1-21-12-5-9(23-7-13(20)22-2)3-4-10(12)14-18-11-6-16-8-17-15(11)19-14/h3-6,8H,7H2,1-2H3,(H,16,17,18,19). The summed E-state index contributed by atoms with van der Waals surface area (Å²) in [7, 11) is 2.97. The van der Waals surface area contributed by atoms with Crippen LogP contribution in [0.15, 0.2) is 35.6 Å². The number of benzene rings is 1. The molecule has 0 aliphatic rings. The first kappa shape index (κ1) is 15.3. The van der Waals surface area contributed by atoms with E-state index >= 15 is 0 Å². The first-order chi connectivity index (χ1) is 11.2. The van der Waals surface area contributed by atoms with Crippen molar-refractivity contribution in [2.45, 2.75) is 4.90 Å². The molecule has 0 aliphatic carbocycles. The van der Waals surface area contributed by atoms with Gasteiger partial charge in [-0.1, -0.05) is 0 Å². The summed E-state index contributed by atoms with van der Waals surface area (Å²) in [6.45, 7) is 0. The summed E-state index contributed by atoms with van der Waals surface area (Å²) in [5.41, 5.74) is 2.17. The second kappa shape index (κ2) is 6.66. The van der Waals surface area contributed by atoms with Crippen LogP contribution in [0.25, 0.3) is 22.6 Å². The highest BCUT2D eigenvalue weighted by atomic mass is 32.2. The number of carbonyl (C=O) groups excluding carboxylic acids is 1. The molecule has 0 saturated heterocycles. The average molecular weight is 330 g/mol. The Labute approximate surface area is 136 Å². The van der Waals surface area contributed by atoms with Gasteiger partial charge in [0.25, 0.3) is 0 Å². The molecule has 0 amide bonds. The molecule has 1 aromatic carbocycles. The molecule has 3 rings (SSSR count). The van der Waals surface area contributed by atoms with Crippen molar-refractivity contribution < 1.29 is 14.3 Å². The van der Waals surface area contributed by atoms with E-state index in [2.05, 4.69) is 24.7 Å². The van der Waals surface area contributed by atoms with Crippen LogP contribution < -0.4 is 4.74 Å². The molecule has 0 radical (unpaired) electrons. The van der Waals surface area contributed by atoms with Gasteiger partial charge in [-0.05, 0) is 18.2 Å². The van der Waals surface area contributed by atoms with E-state index in [0.29, 0.717) is 17.2 Å². The first-order valence-electron chi connectivity index (χ1n) is 6.75. The van der Waals surface area contributed by atoms with Gasteiger partial charge in [-0.2, -0.15) is 0 Å². The van der Waals surface area contributed by atoms with Crippen molar-refractivity contribution in [3.63, 3.8) is 0 Å². The van der Waals surface area contributed by atoms with Crippen LogP contribution in [-0.2, 0) is 9.53 Å². The number of hydrogen-bond donors (Lipinski definition) is 1. The van der Waals surface area contributed by atoms with Crippen LogP contribution in [0.1, 0.15) is 0 Å². The number of esters is 1. The lowest BCUT2D eigenvalue weighted by Crippen LogP contribution is -2.02. The Morgan fingerprint density at radius 1 is 1.35 bits per heavy atom. The molecule has 0 aliphatic heterocycles. The lowest BCUT2D eigenvalue weighted by Gasteiger charge is -2.08. The molecule has 2 heterocycles. The monoisotopic (exact) mass is 330 g/mol. The number of hydrogen-bond acceptors (Lipinski definition) is 7. The second-order valence-electron chi connectivity index (χ2n) is 4.57. The quantitative estimate of drug-likeness (QED) is 0.567. The van der Waals surface area contributed by atoms with Crippen LogP contribution in [-0.4, -0.2) is 45.9 Å². The van der Waals surface area contributed by atoms with Gasteiger partial charge >= 0.3 is 5.97 Å². The van der Waals surface area contributed by atoms with E-state index in [1.54, 1.807) is 13.3 Å². The predicted octanol–water partition coefficient (Wildman–Crippen LogP) is 2.29. The number of thioether (sulfide) groups is 1. The molecule has 8 heteroatoms. The van der Waals surface area contributed by atoms with Crippen LogP contribution in [0, 0.1) is 0 Å². The summed E-state index contributed by atoms with van der Waals surface area (Å²) >= 11 is 1.38. The van der Waals surface area contributed by atoms with Crippen molar-refractivity contribution in [2.75, 3.05) is 20.0 Å². The van der Waals surface area contributed by atoms with E-state index in [9.17, 15) is 4.79 Å². The van der Waals surface area contributed by atoms with Crippen molar-refractivity contribution in [3.05, 3.63) is 30.7 Å². The predicted molar refractivity (Wildman–Crippen MR) is 86.4 cm³/mol. The Kier molecular flexibility index (Phi) is 4.42. The number of imidazole rings is 1. The third-order valence-electron chi connectivity index (χ3n) is 3.17. The summed E-state index contributed by atoms with van der Waals surface area (Å²) < 4.78 is 10.1. The summed E-state index contributed by atoms with van der Waals surface area (Å²) in [5, 5.41) is 0. The number of nitrogens with zero attached hydrogens (tertiary/aromatic N) is 3. The number of rotatable bonds is 5. The fourth-order valence-corrected chi connectivity index (χ4v) is 2.80. The van der Waals surface area contributed by atoms with Gasteiger partial charge in [-0.3, -0.25) is 4.79 Å². The SMILES string of the molecule is COC(=O)CSc1ccc(-c2nc3ncncc3[nH]2)c(OC)c1. The van der Waals surface area contributed by atoms with Gasteiger partial charge in [0.2, 0.25) is 0 Å². The first-order valence-corrected chi connectivity index (χ1v) is 7.73. The Balaban J connectivity index is 1.91. The van der Waals surface area contributed by atoms with E-state index in [1.807, 2.05) is 18.2 Å². The highest BCUT2D eigenvalue weighted by Gasteiger charge is 2.13. The summed E-state index contributed by atoms with van der Waals surface area (Å²) in [6, 6.07) is 5.66. The number of aromatic nitrogens is 4. The van der Waals surface area contributed by atoms with Gasteiger partial charge in [0.05, 0.1) is 31.7 Å². The minimum atomic E-state index is -0.270. The van der Waals surface area contributed by atoms with Gasteiger partial charge in [0.1, 0.15) is 23.4 Å². The smallest absolute Gasteiger partial charge is 0.315 e. The molecule has 0 bridgehead atoms. The molecule has 3 aromatic rings. The minimum Gasteiger partial charge on any atom is -0.496 e. The zero-order valence-electron chi connectivity index (χ0n) is 12.6. The Hall–Kier alpha value is -2.61. The van der Waals surface area contributed by atoms with E-state index in [-0.39, 0.29) is 11.7 Å². The maximum atomic E-state index is 11.2. The van der Waals surface area contributed by atoms with Crippen LogP contribution in [0.5, 0.6) is 5.75 Å². The largest absolute Gasteiger partial charge is 0.496 e. The number of H-pyrrole nitrogens is 1. The normalized spacial score (nSPS) is 10.7. The third kappa shape index (κ3) is 3.26. The van der Waals surface area contributed by atoms with Crippen LogP contribution in [0.3, 0.4) is 0 Å². The Morgan fingerprint density at radius 3 is 2.96 bits per heavy atom. The lowest BCUT2D eigenvalue weighted by molar-refractivity contribution is -0.137. The summed E-state index contributed by atoms with van der Waals surface area (Å²) in [6.07, 6.45) is 3.13. The van der Waals surface area contributed by atoms with Crippen molar-refractivity contribution in [1.29, 1.82) is 0 Å². The molecular weight excluding hydrogens is 316 g/mol. The molecule has 0 unspecified atom stereocenters. The highest BCUT2D eigenvalue weighted by Crippen LogP contribution is 2.33. The molecule has 1 N–H and O–H groups in total. The Bertz CT molecular complexity index is 817. The highest BCUT2D eigenvalue weighted by molar-refractivity contribution is 8.00. The number of aromatic amines is 1. The van der Waals surface area contributed by atoms with Gasteiger partial charge in [0, 0.05) is 4.90 Å². The van der Waals surface area contributed by atoms with E-state index in [1.165, 1.54) is 25.2 Å². The van der Waals surface area contributed by atoms with Gasteiger partial charge < -0.3 is 14.5 Å². The number of ether oxygens (including phenoxy) is 2. The molecule has 23 heavy (non-hydrogen) atoms. The molecular formula is C15H14N4O3S. The van der Waals surface area contributed by atoms with E-state index < -0.39 is 0 Å². The van der Waals surface area contributed by atoms with Crippen molar-refractivity contribution in [3.8, 4) is 17.1 Å². The Morgan fingerprint density at radius 2 is 2.22 bits per heavy atom. The number of carbonyl (C=O) groups is 1. The van der Waals surface area contributed by atoms with Crippen LogP contribution in [0.4, 0.5) is 0 Å².